The van der Waals surface area contributed by atoms with E-state index in [9.17, 15) is 4.79 Å². The minimum Gasteiger partial charge on any atom is -0.357 e. The molecule has 1 aliphatic heterocycles. The molecule has 4 rings (SSSR count). The highest BCUT2D eigenvalue weighted by Crippen LogP contribution is 2.35. The molecule has 0 spiro atoms. The largest absolute Gasteiger partial charge is 0.357 e. The number of halogens is 1. The second-order valence-corrected chi connectivity index (χ2v) is 7.33. The summed E-state index contributed by atoms with van der Waals surface area (Å²) in [6, 6.07) is 10.1. The summed E-state index contributed by atoms with van der Waals surface area (Å²) in [5.41, 5.74) is 3.16. The van der Waals surface area contributed by atoms with E-state index >= 15 is 0 Å². The fourth-order valence-corrected chi connectivity index (χ4v) is 4.23. The maximum Gasteiger partial charge on any atom is 0.253 e. The Balaban J connectivity index is 1.46. The Labute approximate surface area is 150 Å². The summed E-state index contributed by atoms with van der Waals surface area (Å²) in [6.07, 6.45) is 6.08. The van der Waals surface area contributed by atoms with E-state index in [-0.39, 0.29) is 11.9 Å². The molecule has 124 valence electrons. The van der Waals surface area contributed by atoms with Gasteiger partial charge in [-0.2, -0.15) is 0 Å². The summed E-state index contributed by atoms with van der Waals surface area (Å²) in [5.74, 6) is 0.924. The fraction of sp³-hybridized carbons (Fsp3) is 0.368. The van der Waals surface area contributed by atoms with Gasteiger partial charge in [0.1, 0.15) is 5.82 Å². The summed E-state index contributed by atoms with van der Waals surface area (Å²) in [4.78, 5) is 19.3. The Morgan fingerprint density at radius 3 is 2.79 bits per heavy atom. The van der Waals surface area contributed by atoms with Crippen molar-refractivity contribution in [1.82, 2.24) is 10.3 Å². The maximum absolute atomic E-state index is 12.6. The van der Waals surface area contributed by atoms with Gasteiger partial charge >= 0.3 is 0 Å². The lowest BCUT2D eigenvalue weighted by atomic mass is 10.1. The molecule has 1 N–H and O–H groups in total. The lowest BCUT2D eigenvalue weighted by molar-refractivity contribution is 0.0936. The molecule has 0 radical (unpaired) electrons. The van der Waals surface area contributed by atoms with Crippen LogP contribution < -0.4 is 10.2 Å². The molecular weight excluding hydrogens is 366 g/mol. The number of carbonyl (C=O) groups excluding carboxylic acids is 1. The number of amides is 1. The Bertz CT molecular complexity index is 754. The van der Waals surface area contributed by atoms with Crippen molar-refractivity contribution in [2.45, 2.75) is 31.7 Å². The Hall–Kier alpha value is -1.88. The van der Waals surface area contributed by atoms with Crippen LogP contribution in [0.1, 0.15) is 46.8 Å². The van der Waals surface area contributed by atoms with Gasteiger partial charge in [-0.1, -0.05) is 28.1 Å². The van der Waals surface area contributed by atoms with E-state index in [4.69, 9.17) is 0 Å². The van der Waals surface area contributed by atoms with Gasteiger partial charge in [0.15, 0.2) is 0 Å². The predicted molar refractivity (Wildman–Crippen MR) is 98.4 cm³/mol. The van der Waals surface area contributed by atoms with Crippen molar-refractivity contribution >= 4 is 27.7 Å². The van der Waals surface area contributed by atoms with E-state index in [1.165, 1.54) is 24.0 Å². The van der Waals surface area contributed by atoms with Gasteiger partial charge in [-0.25, -0.2) is 4.98 Å². The zero-order valence-corrected chi connectivity index (χ0v) is 15.1. The third-order valence-electron chi connectivity index (χ3n) is 4.96. The average molecular weight is 386 g/mol. The number of fused-ring (bicyclic) bond motifs is 1. The van der Waals surface area contributed by atoms with Gasteiger partial charge in [0, 0.05) is 23.8 Å². The molecule has 1 aliphatic carbocycles. The van der Waals surface area contributed by atoms with Crippen LogP contribution in [0.25, 0.3) is 0 Å². The molecular formula is C19H20BrN3O. The van der Waals surface area contributed by atoms with Gasteiger partial charge in [-0.15, -0.1) is 0 Å². The van der Waals surface area contributed by atoms with Gasteiger partial charge in [0.2, 0.25) is 0 Å². The van der Waals surface area contributed by atoms with E-state index in [2.05, 4.69) is 43.3 Å². The molecule has 1 saturated heterocycles. The molecule has 1 fully saturated rings. The number of nitrogens with one attached hydrogen (secondary N) is 1. The van der Waals surface area contributed by atoms with Crippen molar-refractivity contribution in [2.24, 2.45) is 0 Å². The molecule has 2 aliphatic rings. The Morgan fingerprint density at radius 1 is 1.21 bits per heavy atom. The molecule has 1 aromatic heterocycles. The third-order valence-corrected chi connectivity index (χ3v) is 5.70. The number of rotatable bonds is 3. The first-order valence-electron chi connectivity index (χ1n) is 8.51. The summed E-state index contributed by atoms with van der Waals surface area (Å²) >= 11 is 3.60. The monoisotopic (exact) mass is 385 g/mol. The normalized spacial score (nSPS) is 19.4. The number of aromatic nitrogens is 1. The van der Waals surface area contributed by atoms with E-state index < -0.39 is 0 Å². The van der Waals surface area contributed by atoms with Gasteiger partial charge in [-0.3, -0.25) is 4.79 Å². The SMILES string of the molecule is O=C(NC1CCc2c(Br)cccc21)c1ccc(N2CCCC2)nc1. The molecule has 1 unspecified atom stereocenters. The van der Waals surface area contributed by atoms with Gasteiger partial charge < -0.3 is 10.2 Å². The maximum atomic E-state index is 12.6. The predicted octanol–water partition coefficient (Wildman–Crippen LogP) is 3.86. The highest BCUT2D eigenvalue weighted by atomic mass is 79.9. The molecule has 2 aromatic rings. The number of nitrogens with zero attached hydrogens (tertiary/aromatic N) is 2. The molecule has 0 bridgehead atoms. The molecule has 2 heterocycles. The second-order valence-electron chi connectivity index (χ2n) is 6.47. The molecule has 1 atom stereocenters. The first-order chi connectivity index (χ1) is 11.7. The highest BCUT2D eigenvalue weighted by molar-refractivity contribution is 9.10. The van der Waals surface area contributed by atoms with Crippen molar-refractivity contribution in [3.8, 4) is 0 Å². The molecule has 0 saturated carbocycles. The zero-order valence-electron chi connectivity index (χ0n) is 13.5. The smallest absolute Gasteiger partial charge is 0.253 e. The quantitative estimate of drug-likeness (QED) is 0.872. The molecule has 24 heavy (non-hydrogen) atoms. The van der Waals surface area contributed by atoms with Crippen LogP contribution in [0.4, 0.5) is 5.82 Å². The van der Waals surface area contributed by atoms with E-state index in [0.717, 1.165) is 36.2 Å². The second kappa shape index (κ2) is 6.55. The molecule has 4 nitrogen and oxygen atoms in total. The van der Waals surface area contributed by atoms with Crippen molar-refractivity contribution in [3.05, 3.63) is 57.7 Å². The zero-order chi connectivity index (χ0) is 16.5. The van der Waals surface area contributed by atoms with Crippen LogP contribution in [0, 0.1) is 0 Å². The standard InChI is InChI=1S/C19H20BrN3O/c20-16-5-3-4-15-14(16)7-8-17(15)22-19(24)13-6-9-18(21-12-13)23-10-1-2-11-23/h3-6,9,12,17H,1-2,7-8,10-11H2,(H,22,24). The Kier molecular flexibility index (Phi) is 4.27. The van der Waals surface area contributed by atoms with Crippen molar-refractivity contribution < 1.29 is 4.79 Å². The van der Waals surface area contributed by atoms with Crippen LogP contribution in [-0.2, 0) is 6.42 Å². The van der Waals surface area contributed by atoms with Crippen LogP contribution in [0.15, 0.2) is 41.0 Å². The minimum atomic E-state index is -0.0479. The van der Waals surface area contributed by atoms with Crippen LogP contribution in [0.2, 0.25) is 0 Å². The van der Waals surface area contributed by atoms with E-state index in [1.807, 2.05) is 18.2 Å². The van der Waals surface area contributed by atoms with Gasteiger partial charge in [0.05, 0.1) is 11.6 Å². The lowest BCUT2D eigenvalue weighted by Gasteiger charge is -2.17. The van der Waals surface area contributed by atoms with E-state index in [1.54, 1.807) is 6.20 Å². The molecule has 1 aromatic carbocycles. The van der Waals surface area contributed by atoms with Gasteiger partial charge in [-0.05, 0) is 55.0 Å². The highest BCUT2D eigenvalue weighted by Gasteiger charge is 2.25. The lowest BCUT2D eigenvalue weighted by Crippen LogP contribution is -2.27. The number of anilines is 1. The van der Waals surface area contributed by atoms with Crippen molar-refractivity contribution in [1.29, 1.82) is 0 Å². The van der Waals surface area contributed by atoms with Crippen molar-refractivity contribution in [2.75, 3.05) is 18.0 Å². The topological polar surface area (TPSA) is 45.2 Å². The number of hydrogen-bond donors (Lipinski definition) is 1. The molecule has 1 amide bonds. The third kappa shape index (κ3) is 2.93. The van der Waals surface area contributed by atoms with Crippen molar-refractivity contribution in [3.63, 3.8) is 0 Å². The first kappa shape index (κ1) is 15.6. The first-order valence-corrected chi connectivity index (χ1v) is 9.31. The van der Waals surface area contributed by atoms with Gasteiger partial charge in [0.25, 0.3) is 5.91 Å². The number of benzene rings is 1. The van der Waals surface area contributed by atoms with Crippen LogP contribution in [0.5, 0.6) is 0 Å². The van der Waals surface area contributed by atoms with E-state index in [0.29, 0.717) is 5.56 Å². The molecule has 5 heteroatoms. The summed E-state index contributed by atoms with van der Waals surface area (Å²) < 4.78 is 1.13. The number of hydrogen-bond acceptors (Lipinski definition) is 3. The number of pyridine rings is 1. The van der Waals surface area contributed by atoms with Crippen LogP contribution >= 0.6 is 15.9 Å². The summed E-state index contributed by atoms with van der Waals surface area (Å²) in [7, 11) is 0. The summed E-state index contributed by atoms with van der Waals surface area (Å²) in [6.45, 7) is 2.12. The van der Waals surface area contributed by atoms with Crippen LogP contribution in [0.3, 0.4) is 0 Å². The average Bonchev–Trinajstić information content (AvgIpc) is 3.26. The summed E-state index contributed by atoms with van der Waals surface area (Å²) in [5, 5.41) is 3.15. The van der Waals surface area contributed by atoms with Crippen LogP contribution in [-0.4, -0.2) is 24.0 Å². The fourth-order valence-electron chi connectivity index (χ4n) is 3.65. The Morgan fingerprint density at radius 2 is 2.04 bits per heavy atom. The number of carbonyl (C=O) groups is 1. The minimum absolute atomic E-state index is 0.0479.